The zero-order chi connectivity index (χ0) is 22.8. The number of carbonyl (C=O) groups is 4. The zero-order valence-electron chi connectivity index (χ0n) is 17.8. The number of piperidine rings is 1. The molecule has 2 rings (SSSR count). The normalized spacial score (nSPS) is 15.8. The Labute approximate surface area is 185 Å². The number of thioether (sulfide) groups is 1. The Kier molecular flexibility index (Phi) is 9.77. The molecule has 8 nitrogen and oxygen atoms in total. The number of carbonyl (C=O) groups excluding carboxylic acids is 4. The average molecular weight is 454 g/mol. The Morgan fingerprint density at radius 3 is 2.61 bits per heavy atom. The van der Waals surface area contributed by atoms with Gasteiger partial charge in [-0.25, -0.2) is 4.39 Å². The molecule has 170 valence electrons. The molecule has 0 spiro atoms. The highest BCUT2D eigenvalue weighted by molar-refractivity contribution is 8.00. The second-order valence-electron chi connectivity index (χ2n) is 7.23. The second-order valence-corrected chi connectivity index (χ2v) is 8.21. The number of benzene rings is 1. The second kappa shape index (κ2) is 12.3. The van der Waals surface area contributed by atoms with E-state index in [0.29, 0.717) is 38.2 Å². The van der Waals surface area contributed by atoms with E-state index in [1.54, 1.807) is 11.8 Å². The number of amides is 3. The van der Waals surface area contributed by atoms with Gasteiger partial charge in [-0.2, -0.15) is 0 Å². The van der Waals surface area contributed by atoms with Gasteiger partial charge >= 0.3 is 5.97 Å². The number of nitrogens with one attached hydrogen (secondary N) is 1. The quantitative estimate of drug-likeness (QED) is 0.573. The Balaban J connectivity index is 1.71. The number of likely N-dealkylation sites (tertiary alicyclic amines) is 1. The van der Waals surface area contributed by atoms with Crippen molar-refractivity contribution in [2.45, 2.75) is 19.8 Å². The molecule has 1 aliphatic rings. The van der Waals surface area contributed by atoms with Crippen molar-refractivity contribution in [3.63, 3.8) is 0 Å². The predicted octanol–water partition coefficient (Wildman–Crippen LogP) is 1.76. The van der Waals surface area contributed by atoms with Gasteiger partial charge in [0.25, 0.3) is 0 Å². The van der Waals surface area contributed by atoms with E-state index in [0.717, 1.165) is 11.8 Å². The van der Waals surface area contributed by atoms with Crippen LogP contribution in [0.3, 0.4) is 0 Å². The Morgan fingerprint density at radius 2 is 1.94 bits per heavy atom. The molecule has 1 aromatic rings. The SMILES string of the molecule is CCOC(=O)C1CCCN(C(=O)CN(C)C(=O)CSCC(=O)Nc2ccc(F)cc2)C1. The lowest BCUT2D eigenvalue weighted by Crippen LogP contribution is -2.47. The van der Waals surface area contributed by atoms with E-state index in [1.807, 2.05) is 0 Å². The van der Waals surface area contributed by atoms with Gasteiger partial charge in [-0.05, 0) is 44.0 Å². The predicted molar refractivity (Wildman–Crippen MR) is 116 cm³/mol. The molecule has 1 atom stereocenters. The fraction of sp³-hybridized carbons (Fsp3) is 0.524. The van der Waals surface area contributed by atoms with Gasteiger partial charge in [0.15, 0.2) is 0 Å². The van der Waals surface area contributed by atoms with Crippen LogP contribution in [0, 0.1) is 11.7 Å². The number of rotatable bonds is 9. The molecule has 1 unspecified atom stereocenters. The smallest absolute Gasteiger partial charge is 0.310 e. The van der Waals surface area contributed by atoms with Gasteiger partial charge in [0, 0.05) is 25.8 Å². The van der Waals surface area contributed by atoms with Crippen LogP contribution in [0.4, 0.5) is 10.1 Å². The van der Waals surface area contributed by atoms with Crippen LogP contribution in [0.15, 0.2) is 24.3 Å². The van der Waals surface area contributed by atoms with Gasteiger partial charge in [0.2, 0.25) is 17.7 Å². The molecule has 1 saturated heterocycles. The molecule has 1 aromatic carbocycles. The minimum Gasteiger partial charge on any atom is -0.466 e. The van der Waals surface area contributed by atoms with Crippen molar-refractivity contribution in [3.8, 4) is 0 Å². The summed E-state index contributed by atoms with van der Waals surface area (Å²) in [6.07, 6.45) is 1.40. The van der Waals surface area contributed by atoms with Crippen molar-refractivity contribution < 1.29 is 28.3 Å². The summed E-state index contributed by atoms with van der Waals surface area (Å²) >= 11 is 1.13. The highest BCUT2D eigenvalue weighted by Gasteiger charge is 2.30. The van der Waals surface area contributed by atoms with Crippen molar-refractivity contribution in [1.29, 1.82) is 0 Å². The molecule has 3 amide bonds. The highest BCUT2D eigenvalue weighted by Crippen LogP contribution is 2.18. The van der Waals surface area contributed by atoms with E-state index < -0.39 is 5.82 Å². The largest absolute Gasteiger partial charge is 0.466 e. The van der Waals surface area contributed by atoms with E-state index in [4.69, 9.17) is 4.74 Å². The molecule has 0 aromatic heterocycles. The van der Waals surface area contributed by atoms with E-state index in [9.17, 15) is 23.6 Å². The van der Waals surface area contributed by atoms with Gasteiger partial charge in [-0.1, -0.05) is 0 Å². The third kappa shape index (κ3) is 8.20. The van der Waals surface area contributed by atoms with Crippen LogP contribution in [0.25, 0.3) is 0 Å². The third-order valence-corrected chi connectivity index (χ3v) is 5.70. The molecule has 1 heterocycles. The van der Waals surface area contributed by atoms with Crippen LogP contribution < -0.4 is 5.32 Å². The van der Waals surface area contributed by atoms with Gasteiger partial charge < -0.3 is 19.9 Å². The van der Waals surface area contributed by atoms with Crippen molar-refractivity contribution in [2.75, 3.05) is 50.1 Å². The number of esters is 1. The number of nitrogens with zero attached hydrogens (tertiary/aromatic N) is 2. The first-order valence-electron chi connectivity index (χ1n) is 10.1. The number of ether oxygens (including phenoxy) is 1. The maximum atomic E-state index is 12.9. The molecule has 0 saturated carbocycles. The van der Waals surface area contributed by atoms with Crippen LogP contribution in [-0.2, 0) is 23.9 Å². The number of anilines is 1. The molecule has 1 aliphatic heterocycles. The first-order chi connectivity index (χ1) is 14.8. The minimum atomic E-state index is -0.392. The Bertz CT molecular complexity index is 790. The molecule has 0 radical (unpaired) electrons. The van der Waals surface area contributed by atoms with E-state index in [2.05, 4.69) is 5.32 Å². The summed E-state index contributed by atoms with van der Waals surface area (Å²) in [5, 5.41) is 2.62. The maximum absolute atomic E-state index is 12.9. The molecule has 1 N–H and O–H groups in total. The van der Waals surface area contributed by atoms with Crippen LogP contribution in [0.1, 0.15) is 19.8 Å². The third-order valence-electron chi connectivity index (χ3n) is 4.78. The fourth-order valence-electron chi connectivity index (χ4n) is 3.12. The summed E-state index contributed by atoms with van der Waals surface area (Å²) in [5.74, 6) is -1.70. The number of halogens is 1. The highest BCUT2D eigenvalue weighted by atomic mass is 32.2. The van der Waals surface area contributed by atoms with Gasteiger partial charge in [0.1, 0.15) is 5.82 Å². The van der Waals surface area contributed by atoms with Crippen molar-refractivity contribution in [3.05, 3.63) is 30.1 Å². The zero-order valence-corrected chi connectivity index (χ0v) is 18.6. The van der Waals surface area contributed by atoms with Crippen molar-refractivity contribution >= 4 is 41.1 Å². The lowest BCUT2D eigenvalue weighted by atomic mass is 9.98. The lowest BCUT2D eigenvalue weighted by molar-refractivity contribution is -0.152. The number of hydrogen-bond donors (Lipinski definition) is 1. The minimum absolute atomic E-state index is 0.0477. The van der Waals surface area contributed by atoms with Gasteiger partial charge in [-0.3, -0.25) is 19.2 Å². The van der Waals surface area contributed by atoms with E-state index >= 15 is 0 Å². The summed E-state index contributed by atoms with van der Waals surface area (Å²) in [6.45, 7) is 2.82. The Morgan fingerprint density at radius 1 is 1.23 bits per heavy atom. The van der Waals surface area contributed by atoms with Crippen LogP contribution >= 0.6 is 11.8 Å². The van der Waals surface area contributed by atoms with Gasteiger partial charge in [-0.15, -0.1) is 11.8 Å². The summed E-state index contributed by atoms with van der Waals surface area (Å²) in [5.41, 5.74) is 0.476. The molecular formula is C21H28FN3O5S. The molecule has 1 fully saturated rings. The van der Waals surface area contributed by atoms with Crippen LogP contribution in [0.2, 0.25) is 0 Å². The first kappa shape index (κ1) is 24.6. The standard InChI is InChI=1S/C21H28FN3O5S/c1-3-30-21(29)15-5-4-10-25(11-15)19(27)12-24(2)20(28)14-31-13-18(26)23-17-8-6-16(22)7-9-17/h6-9,15H,3-5,10-14H2,1-2H3,(H,23,26). The monoisotopic (exact) mass is 453 g/mol. The lowest BCUT2D eigenvalue weighted by Gasteiger charge is -2.32. The first-order valence-corrected chi connectivity index (χ1v) is 11.3. The fourth-order valence-corrected chi connectivity index (χ4v) is 3.87. The summed E-state index contributed by atoms with van der Waals surface area (Å²) in [4.78, 5) is 51.6. The van der Waals surface area contributed by atoms with Crippen molar-refractivity contribution in [1.82, 2.24) is 9.80 Å². The topological polar surface area (TPSA) is 96.0 Å². The summed E-state index contributed by atoms with van der Waals surface area (Å²) in [7, 11) is 1.53. The summed E-state index contributed by atoms with van der Waals surface area (Å²) in [6, 6.07) is 5.40. The average Bonchev–Trinajstić information content (AvgIpc) is 2.75. The van der Waals surface area contributed by atoms with Crippen LogP contribution in [-0.4, -0.2) is 78.3 Å². The summed E-state index contributed by atoms with van der Waals surface area (Å²) < 4.78 is 17.9. The molecule has 10 heteroatoms. The van der Waals surface area contributed by atoms with E-state index in [-0.39, 0.29) is 47.7 Å². The Hall–Kier alpha value is -2.62. The molecule has 0 bridgehead atoms. The van der Waals surface area contributed by atoms with Crippen molar-refractivity contribution in [2.24, 2.45) is 5.92 Å². The number of likely N-dealkylation sites (N-methyl/N-ethyl adjacent to an activating group) is 1. The number of hydrogen-bond acceptors (Lipinski definition) is 6. The van der Waals surface area contributed by atoms with Gasteiger partial charge in [0.05, 0.1) is 30.6 Å². The molecular weight excluding hydrogens is 425 g/mol. The van der Waals surface area contributed by atoms with E-state index in [1.165, 1.54) is 36.2 Å². The van der Waals surface area contributed by atoms with Crippen LogP contribution in [0.5, 0.6) is 0 Å². The molecule has 0 aliphatic carbocycles. The molecule has 31 heavy (non-hydrogen) atoms. The maximum Gasteiger partial charge on any atom is 0.310 e.